The van der Waals surface area contributed by atoms with Gasteiger partial charge in [-0.15, -0.1) is 0 Å². The molecule has 0 bridgehead atoms. The summed E-state index contributed by atoms with van der Waals surface area (Å²) in [6.07, 6.45) is 1.71. The molecule has 0 saturated carbocycles. The standard InChI is InChI=1S/C14H12N2O/c1-10-5-6-16-14(7-10)17-13-4-3-12(9-15)11(2)8-13/h3-8H,1-2H3. The average molecular weight is 224 g/mol. The normalized spacial score (nSPS) is 9.71. The molecule has 0 fully saturated rings. The lowest BCUT2D eigenvalue weighted by molar-refractivity contribution is 0.462. The molecule has 3 nitrogen and oxygen atoms in total. The first-order valence-corrected chi connectivity index (χ1v) is 5.30. The van der Waals surface area contributed by atoms with Crippen molar-refractivity contribution in [2.45, 2.75) is 13.8 Å². The van der Waals surface area contributed by atoms with Gasteiger partial charge in [-0.25, -0.2) is 4.98 Å². The van der Waals surface area contributed by atoms with E-state index in [1.807, 2.05) is 32.0 Å². The highest BCUT2D eigenvalue weighted by molar-refractivity contribution is 5.42. The van der Waals surface area contributed by atoms with Crippen LogP contribution in [0.4, 0.5) is 0 Å². The van der Waals surface area contributed by atoms with Crippen LogP contribution in [0, 0.1) is 25.2 Å². The molecule has 2 rings (SSSR count). The Morgan fingerprint density at radius 2 is 2.00 bits per heavy atom. The molecule has 84 valence electrons. The SMILES string of the molecule is Cc1ccnc(Oc2ccc(C#N)c(C)c2)c1. The van der Waals surface area contributed by atoms with Crippen LogP contribution in [0.15, 0.2) is 36.5 Å². The largest absolute Gasteiger partial charge is 0.439 e. The lowest BCUT2D eigenvalue weighted by Gasteiger charge is -2.06. The fraction of sp³-hybridized carbons (Fsp3) is 0.143. The van der Waals surface area contributed by atoms with Crippen molar-refractivity contribution in [2.24, 2.45) is 0 Å². The number of ether oxygens (including phenoxy) is 1. The Balaban J connectivity index is 2.25. The summed E-state index contributed by atoms with van der Waals surface area (Å²) in [6.45, 7) is 3.87. The van der Waals surface area contributed by atoms with Crippen LogP contribution in [0.5, 0.6) is 11.6 Å². The molecule has 1 heterocycles. The van der Waals surface area contributed by atoms with Gasteiger partial charge in [0.1, 0.15) is 5.75 Å². The molecule has 0 aliphatic rings. The number of hydrogen-bond acceptors (Lipinski definition) is 3. The van der Waals surface area contributed by atoms with E-state index in [-0.39, 0.29) is 0 Å². The maximum absolute atomic E-state index is 8.83. The van der Waals surface area contributed by atoms with Crippen LogP contribution in [-0.2, 0) is 0 Å². The lowest BCUT2D eigenvalue weighted by atomic mass is 10.1. The summed E-state index contributed by atoms with van der Waals surface area (Å²) in [5.74, 6) is 1.26. The molecule has 0 saturated heterocycles. The predicted octanol–water partition coefficient (Wildman–Crippen LogP) is 3.36. The Hall–Kier alpha value is -2.34. The first-order chi connectivity index (χ1) is 8.19. The minimum Gasteiger partial charge on any atom is -0.439 e. The Kier molecular flexibility index (Phi) is 3.06. The fourth-order valence-electron chi connectivity index (χ4n) is 1.51. The van der Waals surface area contributed by atoms with E-state index in [0.717, 1.165) is 11.1 Å². The molecular formula is C14H12N2O. The number of rotatable bonds is 2. The number of nitrogens with zero attached hydrogens (tertiary/aromatic N) is 2. The molecule has 0 spiro atoms. The minimum atomic E-state index is 0.564. The van der Waals surface area contributed by atoms with Gasteiger partial charge < -0.3 is 4.74 Å². The van der Waals surface area contributed by atoms with Crippen LogP contribution >= 0.6 is 0 Å². The van der Waals surface area contributed by atoms with Gasteiger partial charge in [-0.1, -0.05) is 0 Å². The van der Waals surface area contributed by atoms with Crippen LogP contribution in [0.25, 0.3) is 0 Å². The monoisotopic (exact) mass is 224 g/mol. The third kappa shape index (κ3) is 2.61. The van der Waals surface area contributed by atoms with Crippen LogP contribution in [0.1, 0.15) is 16.7 Å². The van der Waals surface area contributed by atoms with Crippen molar-refractivity contribution in [1.82, 2.24) is 4.98 Å². The van der Waals surface area contributed by atoms with Gasteiger partial charge in [0.25, 0.3) is 0 Å². The van der Waals surface area contributed by atoms with Crippen molar-refractivity contribution in [1.29, 1.82) is 5.26 Å². The van der Waals surface area contributed by atoms with Crippen molar-refractivity contribution >= 4 is 0 Å². The van der Waals surface area contributed by atoms with E-state index in [1.165, 1.54) is 0 Å². The zero-order valence-electron chi connectivity index (χ0n) is 9.77. The maximum atomic E-state index is 8.83. The van der Waals surface area contributed by atoms with E-state index in [2.05, 4.69) is 11.1 Å². The number of aromatic nitrogens is 1. The molecule has 0 aliphatic heterocycles. The molecular weight excluding hydrogens is 212 g/mol. The summed E-state index contributed by atoms with van der Waals surface area (Å²) in [5.41, 5.74) is 2.66. The molecule has 2 aromatic rings. The fourth-order valence-corrected chi connectivity index (χ4v) is 1.51. The average Bonchev–Trinajstić information content (AvgIpc) is 2.29. The second-order valence-electron chi connectivity index (χ2n) is 3.86. The molecule has 0 radical (unpaired) electrons. The highest BCUT2D eigenvalue weighted by Gasteiger charge is 2.02. The van der Waals surface area contributed by atoms with Crippen molar-refractivity contribution in [2.75, 3.05) is 0 Å². The molecule has 1 aromatic heterocycles. The van der Waals surface area contributed by atoms with Crippen LogP contribution < -0.4 is 4.74 Å². The summed E-state index contributed by atoms with van der Waals surface area (Å²) >= 11 is 0. The van der Waals surface area contributed by atoms with Crippen LogP contribution in [0.2, 0.25) is 0 Å². The first kappa shape index (κ1) is 11.2. The Morgan fingerprint density at radius 3 is 2.65 bits per heavy atom. The first-order valence-electron chi connectivity index (χ1n) is 5.30. The predicted molar refractivity (Wildman–Crippen MR) is 64.9 cm³/mol. The third-order valence-corrected chi connectivity index (χ3v) is 2.43. The second-order valence-corrected chi connectivity index (χ2v) is 3.86. The molecule has 3 heteroatoms. The zero-order valence-corrected chi connectivity index (χ0v) is 9.77. The number of nitriles is 1. The smallest absolute Gasteiger partial charge is 0.219 e. The van der Waals surface area contributed by atoms with E-state index in [4.69, 9.17) is 10.00 Å². The van der Waals surface area contributed by atoms with Gasteiger partial charge in [0.05, 0.1) is 11.6 Å². The molecule has 0 unspecified atom stereocenters. The molecule has 1 aromatic carbocycles. The van der Waals surface area contributed by atoms with Crippen molar-refractivity contribution in [3.05, 3.63) is 53.2 Å². The van der Waals surface area contributed by atoms with Gasteiger partial charge in [0, 0.05) is 12.3 Å². The van der Waals surface area contributed by atoms with E-state index < -0.39 is 0 Å². The molecule has 0 aliphatic carbocycles. The van der Waals surface area contributed by atoms with Crippen molar-refractivity contribution in [3.8, 4) is 17.7 Å². The van der Waals surface area contributed by atoms with Gasteiger partial charge >= 0.3 is 0 Å². The minimum absolute atomic E-state index is 0.564. The maximum Gasteiger partial charge on any atom is 0.219 e. The van der Waals surface area contributed by atoms with Gasteiger partial charge in [-0.2, -0.15) is 5.26 Å². The lowest BCUT2D eigenvalue weighted by Crippen LogP contribution is -1.90. The van der Waals surface area contributed by atoms with Crippen molar-refractivity contribution < 1.29 is 4.74 Å². The summed E-state index contributed by atoms with van der Waals surface area (Å²) in [4.78, 5) is 4.12. The summed E-state index contributed by atoms with van der Waals surface area (Å²) in [5, 5.41) is 8.83. The van der Waals surface area contributed by atoms with E-state index in [0.29, 0.717) is 17.2 Å². The topological polar surface area (TPSA) is 45.9 Å². The Bertz CT molecular complexity index is 585. The summed E-state index contributed by atoms with van der Waals surface area (Å²) < 4.78 is 5.62. The number of aryl methyl sites for hydroxylation is 2. The van der Waals surface area contributed by atoms with Crippen LogP contribution in [-0.4, -0.2) is 4.98 Å². The van der Waals surface area contributed by atoms with Crippen LogP contribution in [0.3, 0.4) is 0 Å². The van der Waals surface area contributed by atoms with E-state index in [1.54, 1.807) is 18.3 Å². The Morgan fingerprint density at radius 1 is 1.18 bits per heavy atom. The van der Waals surface area contributed by atoms with Gasteiger partial charge in [0.15, 0.2) is 0 Å². The molecule has 0 atom stereocenters. The highest BCUT2D eigenvalue weighted by Crippen LogP contribution is 2.22. The number of hydrogen-bond donors (Lipinski definition) is 0. The molecule has 0 N–H and O–H groups in total. The van der Waals surface area contributed by atoms with Gasteiger partial charge in [0.2, 0.25) is 5.88 Å². The highest BCUT2D eigenvalue weighted by atomic mass is 16.5. The van der Waals surface area contributed by atoms with E-state index >= 15 is 0 Å². The molecule has 0 amide bonds. The summed E-state index contributed by atoms with van der Waals surface area (Å²) in [6, 6.07) is 11.3. The number of pyridine rings is 1. The second kappa shape index (κ2) is 4.67. The van der Waals surface area contributed by atoms with Crippen molar-refractivity contribution in [3.63, 3.8) is 0 Å². The van der Waals surface area contributed by atoms with E-state index in [9.17, 15) is 0 Å². The number of benzene rings is 1. The molecule has 17 heavy (non-hydrogen) atoms. The third-order valence-electron chi connectivity index (χ3n) is 2.43. The van der Waals surface area contributed by atoms with Gasteiger partial charge in [-0.05, 0) is 49.2 Å². The zero-order chi connectivity index (χ0) is 12.3. The summed E-state index contributed by atoms with van der Waals surface area (Å²) in [7, 11) is 0. The van der Waals surface area contributed by atoms with Gasteiger partial charge in [-0.3, -0.25) is 0 Å². The Labute approximate surface area is 100 Å². The quantitative estimate of drug-likeness (QED) is 0.785.